The highest BCUT2D eigenvalue weighted by Crippen LogP contribution is 2.39. The SMILES string of the molecule is C#C.C/C=N\N1C=CC(Oc2ccc(Nc3ncnc4ccc([N+]5=CCNCC5)c(OC)c34)cc2C)=CC1.CCC. The lowest BCUT2D eigenvalue weighted by atomic mass is 10.1. The molecule has 2 N–H and O–H groups in total. The molecule has 0 radical (unpaired) electrons. The van der Waals surface area contributed by atoms with Crippen molar-refractivity contribution in [1.29, 1.82) is 0 Å². The van der Waals surface area contributed by atoms with Crippen LogP contribution in [0.15, 0.2) is 65.9 Å². The molecule has 0 saturated carbocycles. The number of allylic oxidation sites excluding steroid dienone is 1. The van der Waals surface area contributed by atoms with Gasteiger partial charge in [-0.3, -0.25) is 5.01 Å². The van der Waals surface area contributed by atoms with Crippen LogP contribution in [0.25, 0.3) is 10.9 Å². The summed E-state index contributed by atoms with van der Waals surface area (Å²) in [7, 11) is 1.69. The second-order valence-electron chi connectivity index (χ2n) is 9.15. The number of methoxy groups -OCH3 is 1. The van der Waals surface area contributed by atoms with Crippen LogP contribution in [0.3, 0.4) is 0 Å². The third-order valence-electron chi connectivity index (χ3n) is 6.05. The zero-order valence-corrected chi connectivity index (χ0v) is 24.6. The summed E-state index contributed by atoms with van der Waals surface area (Å²) in [5.74, 6) is 3.04. The number of hydrogen-bond acceptors (Lipinski definition) is 8. The lowest BCUT2D eigenvalue weighted by Gasteiger charge is -2.18. The van der Waals surface area contributed by atoms with Crippen molar-refractivity contribution in [3.63, 3.8) is 0 Å². The number of ether oxygens (including phenoxy) is 2. The van der Waals surface area contributed by atoms with Gasteiger partial charge in [0.25, 0.3) is 0 Å². The molecule has 214 valence electrons. The van der Waals surface area contributed by atoms with E-state index in [1.165, 1.54) is 6.42 Å². The fraction of sp³-hybridized carbons (Fsp3) is 0.312. The quantitative estimate of drug-likeness (QED) is 0.218. The van der Waals surface area contributed by atoms with Crippen molar-refractivity contribution in [3.8, 4) is 24.3 Å². The van der Waals surface area contributed by atoms with Gasteiger partial charge in [-0.15, -0.1) is 12.8 Å². The highest BCUT2D eigenvalue weighted by molar-refractivity contribution is 5.98. The molecule has 9 nitrogen and oxygen atoms in total. The zero-order valence-electron chi connectivity index (χ0n) is 24.6. The Labute approximate surface area is 243 Å². The number of nitrogens with one attached hydrogen (secondary N) is 2. The van der Waals surface area contributed by atoms with E-state index in [2.05, 4.69) is 69.3 Å². The Kier molecular flexibility index (Phi) is 11.9. The fourth-order valence-electron chi connectivity index (χ4n) is 4.31. The van der Waals surface area contributed by atoms with E-state index >= 15 is 0 Å². The molecule has 2 aromatic carbocycles. The van der Waals surface area contributed by atoms with E-state index in [1.54, 1.807) is 19.7 Å². The predicted molar refractivity (Wildman–Crippen MR) is 169 cm³/mol. The fourth-order valence-corrected chi connectivity index (χ4v) is 4.31. The largest absolute Gasteiger partial charge is 0.490 e. The minimum absolute atomic E-state index is 0.672. The average Bonchev–Trinajstić information content (AvgIpc) is 3.01. The summed E-state index contributed by atoms with van der Waals surface area (Å²) in [5.41, 5.74) is 3.72. The smallest absolute Gasteiger partial charge is 0.248 e. The number of fused-ring (bicyclic) bond motifs is 1. The Morgan fingerprint density at radius 3 is 2.63 bits per heavy atom. The van der Waals surface area contributed by atoms with Crippen molar-refractivity contribution < 1.29 is 14.0 Å². The van der Waals surface area contributed by atoms with Crippen LogP contribution >= 0.6 is 0 Å². The molecule has 2 aliphatic rings. The predicted octanol–water partition coefficient (Wildman–Crippen LogP) is 5.77. The number of nitrogens with zero attached hydrogens (tertiary/aromatic N) is 5. The first kappa shape index (κ1) is 30.9. The first-order valence-corrected chi connectivity index (χ1v) is 13.7. The molecule has 0 aliphatic carbocycles. The molecule has 0 amide bonds. The Hall–Kier alpha value is -4.68. The van der Waals surface area contributed by atoms with Gasteiger partial charge in [0.15, 0.2) is 12.8 Å². The topological polar surface area (TPSA) is 86.9 Å². The van der Waals surface area contributed by atoms with E-state index in [4.69, 9.17) is 9.47 Å². The van der Waals surface area contributed by atoms with E-state index < -0.39 is 0 Å². The Morgan fingerprint density at radius 2 is 2.00 bits per heavy atom. The lowest BCUT2D eigenvalue weighted by Crippen LogP contribution is -2.33. The molecule has 1 aromatic heterocycles. The van der Waals surface area contributed by atoms with Crippen molar-refractivity contribution >= 4 is 40.5 Å². The van der Waals surface area contributed by atoms with E-state index in [1.807, 2.05) is 61.5 Å². The van der Waals surface area contributed by atoms with E-state index in [0.29, 0.717) is 12.4 Å². The van der Waals surface area contributed by atoms with Crippen LogP contribution in [0.1, 0.15) is 32.8 Å². The molecule has 5 rings (SSSR count). The normalized spacial score (nSPS) is 14.3. The summed E-state index contributed by atoms with van der Waals surface area (Å²) in [6.07, 6.45) is 20.5. The van der Waals surface area contributed by atoms with Crippen LogP contribution in [-0.4, -0.2) is 65.3 Å². The average molecular weight is 555 g/mol. The molecule has 41 heavy (non-hydrogen) atoms. The summed E-state index contributed by atoms with van der Waals surface area (Å²) in [4.78, 5) is 9.03. The van der Waals surface area contributed by atoms with Crippen LogP contribution in [0, 0.1) is 19.8 Å². The number of rotatable bonds is 7. The maximum Gasteiger partial charge on any atom is 0.248 e. The van der Waals surface area contributed by atoms with Gasteiger partial charge in [0.2, 0.25) is 11.4 Å². The van der Waals surface area contributed by atoms with Crippen molar-refractivity contribution in [3.05, 3.63) is 66.3 Å². The maximum atomic E-state index is 6.12. The molecule has 2 aliphatic heterocycles. The molecule has 0 spiro atoms. The second kappa shape index (κ2) is 15.8. The highest BCUT2D eigenvalue weighted by Gasteiger charge is 2.23. The minimum Gasteiger partial charge on any atom is -0.490 e. The number of terminal acetylenes is 1. The second-order valence-corrected chi connectivity index (χ2v) is 9.15. The van der Waals surface area contributed by atoms with Gasteiger partial charge in [0.1, 0.15) is 23.7 Å². The van der Waals surface area contributed by atoms with Gasteiger partial charge < -0.3 is 20.1 Å². The first-order chi connectivity index (χ1) is 20.1. The third kappa shape index (κ3) is 7.93. The number of aromatic nitrogens is 2. The van der Waals surface area contributed by atoms with E-state index in [9.17, 15) is 0 Å². The molecule has 0 atom stereocenters. The van der Waals surface area contributed by atoms with Crippen molar-refractivity contribution in [2.45, 2.75) is 34.1 Å². The monoisotopic (exact) mass is 554 g/mol. The highest BCUT2D eigenvalue weighted by atomic mass is 16.5. The molecule has 3 heterocycles. The van der Waals surface area contributed by atoms with Gasteiger partial charge in [-0.1, -0.05) is 20.3 Å². The van der Waals surface area contributed by atoms with Crippen molar-refractivity contribution in [2.75, 3.05) is 38.6 Å². The Morgan fingerprint density at radius 1 is 1.20 bits per heavy atom. The molecular weight excluding hydrogens is 514 g/mol. The molecule has 3 aromatic rings. The van der Waals surface area contributed by atoms with Gasteiger partial charge in [-0.25, -0.2) is 9.97 Å². The maximum absolute atomic E-state index is 6.12. The minimum atomic E-state index is 0.672. The van der Waals surface area contributed by atoms with Gasteiger partial charge >= 0.3 is 0 Å². The molecular formula is C32H40N7O2+. The summed E-state index contributed by atoms with van der Waals surface area (Å²) >= 11 is 0. The third-order valence-corrected chi connectivity index (χ3v) is 6.05. The number of hydrogen-bond donors (Lipinski definition) is 2. The van der Waals surface area contributed by atoms with Crippen LogP contribution in [-0.2, 0) is 0 Å². The van der Waals surface area contributed by atoms with Crippen molar-refractivity contribution in [2.24, 2.45) is 5.10 Å². The Balaban J connectivity index is 0.000000868. The van der Waals surface area contributed by atoms with Gasteiger partial charge in [0, 0.05) is 24.2 Å². The number of anilines is 2. The summed E-state index contributed by atoms with van der Waals surface area (Å²) in [6, 6.07) is 10.1. The molecule has 0 saturated heterocycles. The Bertz CT molecular complexity index is 1460. The number of benzene rings is 2. The van der Waals surface area contributed by atoms with Crippen molar-refractivity contribution in [1.82, 2.24) is 20.3 Å². The van der Waals surface area contributed by atoms with Gasteiger partial charge in [-0.05, 0) is 55.8 Å². The van der Waals surface area contributed by atoms with Gasteiger partial charge in [-0.2, -0.15) is 9.68 Å². The van der Waals surface area contributed by atoms with Crippen LogP contribution in [0.2, 0.25) is 0 Å². The van der Waals surface area contributed by atoms with Crippen LogP contribution in [0.4, 0.5) is 17.2 Å². The number of aryl methyl sites for hydroxylation is 1. The standard InChI is InChI=1S/C27H30N7O2.C3H8.C2H2/c1-4-31-34-13-9-21(10-14-34)36-24-8-5-20(17-19(24)2)32-27-25-22(29-18-30-27)6-7-23(26(25)35-3)33-15-11-28-12-16-33;1-3-2;1-2/h4-10,13,15,17-18,28H,11-12,14,16H2,1-3H3,(H,29,30,32);3H2,1-2H3;1-2H/q+1;;/b31-4-;;. The number of hydrazone groups is 1. The molecule has 0 bridgehead atoms. The summed E-state index contributed by atoms with van der Waals surface area (Å²) in [6.45, 7) is 11.5. The van der Waals surface area contributed by atoms with E-state index in [0.717, 1.165) is 64.7 Å². The van der Waals surface area contributed by atoms with Crippen LogP contribution < -0.4 is 20.1 Å². The molecule has 0 unspecified atom stereocenters. The summed E-state index contributed by atoms with van der Waals surface area (Å²) in [5, 5.41) is 13.7. The molecule has 0 fully saturated rings. The van der Waals surface area contributed by atoms with Gasteiger partial charge in [0.05, 0.1) is 37.6 Å². The first-order valence-electron chi connectivity index (χ1n) is 13.7. The molecule has 9 heteroatoms. The zero-order chi connectivity index (χ0) is 29.6. The lowest BCUT2D eigenvalue weighted by molar-refractivity contribution is -0.438. The van der Waals surface area contributed by atoms with E-state index in [-0.39, 0.29) is 0 Å². The van der Waals surface area contributed by atoms with Crippen LogP contribution in [0.5, 0.6) is 11.5 Å². The summed E-state index contributed by atoms with van der Waals surface area (Å²) < 4.78 is 14.2.